The number of hydrogen-bond acceptors (Lipinski definition) is 6. The number of rotatable bonds is 7. The monoisotopic (exact) mass is 351 g/mol. The van der Waals surface area contributed by atoms with Crippen molar-refractivity contribution in [3.63, 3.8) is 0 Å². The third-order valence-electron chi connectivity index (χ3n) is 4.50. The maximum absolute atomic E-state index is 9.04. The molecule has 1 aromatic heterocycles. The minimum absolute atomic E-state index is 0.410. The summed E-state index contributed by atoms with van der Waals surface area (Å²) in [6, 6.07) is 12.0. The van der Waals surface area contributed by atoms with Crippen LogP contribution in [0.5, 0.6) is 5.75 Å². The van der Waals surface area contributed by atoms with Crippen LogP contribution in [0.15, 0.2) is 36.7 Å². The van der Waals surface area contributed by atoms with E-state index in [0.29, 0.717) is 13.0 Å². The third-order valence-corrected chi connectivity index (χ3v) is 4.50. The molecule has 1 saturated heterocycles. The van der Waals surface area contributed by atoms with Gasteiger partial charge < -0.3 is 15.0 Å². The zero-order chi connectivity index (χ0) is 18.2. The molecule has 6 heteroatoms. The summed E-state index contributed by atoms with van der Waals surface area (Å²) >= 11 is 0. The van der Waals surface area contributed by atoms with E-state index in [1.165, 1.54) is 19.3 Å². The van der Waals surface area contributed by atoms with E-state index in [1.807, 2.05) is 37.3 Å². The van der Waals surface area contributed by atoms with E-state index in [2.05, 4.69) is 26.3 Å². The molecule has 2 heterocycles. The summed E-state index contributed by atoms with van der Waals surface area (Å²) in [5.41, 5.74) is 1.08. The fourth-order valence-corrected chi connectivity index (χ4v) is 3.03. The van der Waals surface area contributed by atoms with Crippen LogP contribution in [0.2, 0.25) is 0 Å². The van der Waals surface area contributed by atoms with Crippen LogP contribution >= 0.6 is 0 Å². The lowest BCUT2D eigenvalue weighted by atomic mass is 10.1. The van der Waals surface area contributed by atoms with Crippen molar-refractivity contribution in [3.05, 3.63) is 42.2 Å². The molecule has 26 heavy (non-hydrogen) atoms. The van der Waals surface area contributed by atoms with Crippen LogP contribution in [-0.2, 0) is 6.54 Å². The number of ether oxygens (including phenoxy) is 1. The second kappa shape index (κ2) is 9.04. The van der Waals surface area contributed by atoms with E-state index in [4.69, 9.17) is 10.00 Å². The Bertz CT molecular complexity index is 752. The Morgan fingerprint density at radius 1 is 1.23 bits per heavy atom. The van der Waals surface area contributed by atoms with Gasteiger partial charge in [-0.05, 0) is 43.4 Å². The van der Waals surface area contributed by atoms with Crippen molar-refractivity contribution in [2.75, 3.05) is 23.3 Å². The smallest absolute Gasteiger partial charge is 0.184 e. The number of benzene rings is 1. The molecule has 1 N–H and O–H groups in total. The van der Waals surface area contributed by atoms with E-state index >= 15 is 0 Å². The Hall–Kier alpha value is -2.81. The van der Waals surface area contributed by atoms with Crippen molar-refractivity contribution < 1.29 is 4.74 Å². The Morgan fingerprint density at radius 3 is 2.85 bits per heavy atom. The molecule has 2 aromatic rings. The van der Waals surface area contributed by atoms with Crippen LogP contribution in [0.3, 0.4) is 0 Å². The highest BCUT2D eigenvalue weighted by Gasteiger charge is 2.12. The standard InChI is InChI=1S/C20H25N5O/c1-2-17(13-21)26-18-8-6-7-16(11-18)14-22-19-12-20(24-15-23-19)25-9-4-3-5-10-25/h6-8,11-12,15,17H,2-5,9-10,14H2,1H3,(H,22,23,24). The van der Waals surface area contributed by atoms with E-state index in [9.17, 15) is 0 Å². The summed E-state index contributed by atoms with van der Waals surface area (Å²) in [5.74, 6) is 2.52. The number of nitrogens with one attached hydrogen (secondary N) is 1. The molecule has 1 aliphatic rings. The van der Waals surface area contributed by atoms with Gasteiger partial charge in [0.05, 0.1) is 0 Å². The molecule has 0 aliphatic carbocycles. The Labute approximate surface area is 154 Å². The summed E-state index contributed by atoms with van der Waals surface area (Å²) in [6.07, 6.45) is 5.62. The summed E-state index contributed by atoms with van der Waals surface area (Å²) in [4.78, 5) is 11.0. The highest BCUT2D eigenvalue weighted by atomic mass is 16.5. The normalized spacial score (nSPS) is 15.2. The number of aromatic nitrogens is 2. The first-order chi connectivity index (χ1) is 12.8. The lowest BCUT2D eigenvalue weighted by Gasteiger charge is -2.27. The first kappa shape index (κ1) is 18.0. The number of anilines is 2. The first-order valence-corrected chi connectivity index (χ1v) is 9.24. The highest BCUT2D eigenvalue weighted by Crippen LogP contribution is 2.20. The molecule has 1 atom stereocenters. The van der Waals surface area contributed by atoms with Gasteiger partial charge in [0.15, 0.2) is 6.10 Å². The van der Waals surface area contributed by atoms with E-state index in [-0.39, 0.29) is 0 Å². The predicted molar refractivity (Wildman–Crippen MR) is 102 cm³/mol. The maximum atomic E-state index is 9.04. The largest absolute Gasteiger partial charge is 0.476 e. The molecule has 0 amide bonds. The fourth-order valence-electron chi connectivity index (χ4n) is 3.03. The average molecular weight is 351 g/mol. The van der Waals surface area contributed by atoms with Crippen LogP contribution in [0.1, 0.15) is 38.2 Å². The summed E-state index contributed by atoms with van der Waals surface area (Å²) in [6.45, 7) is 4.70. The molecule has 1 aliphatic heterocycles. The van der Waals surface area contributed by atoms with Gasteiger partial charge in [0.1, 0.15) is 29.8 Å². The zero-order valence-corrected chi connectivity index (χ0v) is 15.2. The van der Waals surface area contributed by atoms with Gasteiger partial charge in [-0.2, -0.15) is 5.26 Å². The van der Waals surface area contributed by atoms with Gasteiger partial charge in [0, 0.05) is 25.7 Å². The van der Waals surface area contributed by atoms with Crippen LogP contribution in [-0.4, -0.2) is 29.2 Å². The van der Waals surface area contributed by atoms with Crippen LogP contribution < -0.4 is 15.0 Å². The van der Waals surface area contributed by atoms with Crippen LogP contribution in [0.25, 0.3) is 0 Å². The number of piperidine rings is 1. The molecule has 1 aromatic carbocycles. The molecule has 1 unspecified atom stereocenters. The van der Waals surface area contributed by atoms with Crippen molar-refractivity contribution in [1.82, 2.24) is 9.97 Å². The van der Waals surface area contributed by atoms with Crippen molar-refractivity contribution >= 4 is 11.6 Å². The van der Waals surface area contributed by atoms with Crippen molar-refractivity contribution in [2.24, 2.45) is 0 Å². The fraction of sp³-hybridized carbons (Fsp3) is 0.450. The number of nitriles is 1. The van der Waals surface area contributed by atoms with Gasteiger partial charge in [-0.15, -0.1) is 0 Å². The zero-order valence-electron chi connectivity index (χ0n) is 15.2. The minimum atomic E-state index is -0.410. The van der Waals surface area contributed by atoms with E-state index in [1.54, 1.807) is 6.33 Å². The van der Waals surface area contributed by atoms with E-state index in [0.717, 1.165) is 36.0 Å². The van der Waals surface area contributed by atoms with E-state index < -0.39 is 6.10 Å². The molecule has 0 spiro atoms. The Kier molecular flexibility index (Phi) is 6.26. The molecule has 6 nitrogen and oxygen atoms in total. The van der Waals surface area contributed by atoms with Gasteiger partial charge in [0.25, 0.3) is 0 Å². The number of nitrogens with zero attached hydrogens (tertiary/aromatic N) is 4. The average Bonchev–Trinajstić information content (AvgIpc) is 2.72. The summed E-state index contributed by atoms with van der Waals surface area (Å²) in [5, 5.41) is 12.4. The van der Waals surface area contributed by atoms with Gasteiger partial charge in [-0.1, -0.05) is 19.1 Å². The van der Waals surface area contributed by atoms with Crippen LogP contribution in [0.4, 0.5) is 11.6 Å². The van der Waals surface area contributed by atoms with Crippen molar-refractivity contribution in [3.8, 4) is 11.8 Å². The lowest BCUT2D eigenvalue weighted by Crippen LogP contribution is -2.30. The Morgan fingerprint density at radius 2 is 2.08 bits per heavy atom. The van der Waals surface area contributed by atoms with Crippen LogP contribution in [0, 0.1) is 11.3 Å². The summed E-state index contributed by atoms with van der Waals surface area (Å²) in [7, 11) is 0. The molecule has 0 radical (unpaired) electrons. The van der Waals surface area contributed by atoms with Gasteiger partial charge in [-0.25, -0.2) is 9.97 Å². The molecule has 1 fully saturated rings. The maximum Gasteiger partial charge on any atom is 0.184 e. The van der Waals surface area contributed by atoms with Gasteiger partial charge >= 0.3 is 0 Å². The molecule has 0 bridgehead atoms. The second-order valence-corrected chi connectivity index (χ2v) is 6.45. The lowest BCUT2D eigenvalue weighted by molar-refractivity contribution is 0.251. The molecule has 0 saturated carbocycles. The minimum Gasteiger partial charge on any atom is -0.476 e. The molecular formula is C20H25N5O. The van der Waals surface area contributed by atoms with Gasteiger partial charge in [0.2, 0.25) is 0 Å². The third kappa shape index (κ3) is 4.85. The molecular weight excluding hydrogens is 326 g/mol. The SMILES string of the molecule is CCC(C#N)Oc1cccc(CNc2cc(N3CCCCC3)ncn2)c1. The second-order valence-electron chi connectivity index (χ2n) is 6.45. The summed E-state index contributed by atoms with van der Waals surface area (Å²) < 4.78 is 5.68. The quantitative estimate of drug-likeness (QED) is 0.819. The van der Waals surface area contributed by atoms with Crippen molar-refractivity contribution in [1.29, 1.82) is 5.26 Å². The topological polar surface area (TPSA) is 74.1 Å². The first-order valence-electron chi connectivity index (χ1n) is 9.24. The highest BCUT2D eigenvalue weighted by molar-refractivity contribution is 5.49. The van der Waals surface area contributed by atoms with Gasteiger partial charge in [-0.3, -0.25) is 0 Å². The molecule has 3 rings (SSSR count). The Balaban J connectivity index is 1.61. The molecule has 136 valence electrons. The number of hydrogen-bond donors (Lipinski definition) is 1. The van der Waals surface area contributed by atoms with Crippen molar-refractivity contribution in [2.45, 2.75) is 45.3 Å². The predicted octanol–water partition coefficient (Wildman–Crippen LogP) is 3.76.